The predicted octanol–water partition coefficient (Wildman–Crippen LogP) is 0.568. The summed E-state index contributed by atoms with van der Waals surface area (Å²) in [5, 5.41) is 3.07. The van der Waals surface area contributed by atoms with E-state index in [4.69, 9.17) is 0 Å². The summed E-state index contributed by atoms with van der Waals surface area (Å²) >= 11 is 0. The van der Waals surface area contributed by atoms with Crippen LogP contribution in [0, 0.1) is 6.92 Å². The van der Waals surface area contributed by atoms with Crippen LogP contribution in [0.15, 0.2) is 18.3 Å². The van der Waals surface area contributed by atoms with Gasteiger partial charge in [-0.3, -0.25) is 9.78 Å². The van der Waals surface area contributed by atoms with Crippen molar-refractivity contribution in [3.8, 4) is 0 Å². The third-order valence-corrected chi connectivity index (χ3v) is 2.08. The van der Waals surface area contributed by atoms with Crippen LogP contribution in [0.5, 0.6) is 0 Å². The van der Waals surface area contributed by atoms with Gasteiger partial charge in [0, 0.05) is 32.5 Å². The summed E-state index contributed by atoms with van der Waals surface area (Å²) in [6.07, 6.45) is 1.82. The molecule has 0 atom stereocenters. The molecule has 0 saturated carbocycles. The number of amides is 1. The maximum Gasteiger partial charge on any atom is 0.236 e. The molecule has 4 nitrogen and oxygen atoms in total. The van der Waals surface area contributed by atoms with Crippen LogP contribution in [0.3, 0.4) is 0 Å². The molecule has 15 heavy (non-hydrogen) atoms. The standard InChI is InChI=1S/C11H17N3O/c1-9-4-5-10(7-13-9)6-12-8-11(15)14(2)3/h4-5,7,12H,6,8H2,1-3H3. The van der Waals surface area contributed by atoms with Gasteiger partial charge in [-0.25, -0.2) is 0 Å². The third kappa shape index (κ3) is 4.08. The smallest absolute Gasteiger partial charge is 0.236 e. The molecular formula is C11H17N3O. The van der Waals surface area contributed by atoms with Crippen molar-refractivity contribution in [1.82, 2.24) is 15.2 Å². The summed E-state index contributed by atoms with van der Waals surface area (Å²) in [7, 11) is 3.49. The molecule has 1 heterocycles. The quantitative estimate of drug-likeness (QED) is 0.785. The monoisotopic (exact) mass is 207 g/mol. The predicted molar refractivity (Wildman–Crippen MR) is 59.4 cm³/mol. The summed E-state index contributed by atoms with van der Waals surface area (Å²) in [6, 6.07) is 3.97. The molecule has 0 aliphatic carbocycles. The SMILES string of the molecule is Cc1ccc(CNCC(=O)N(C)C)cn1. The van der Waals surface area contributed by atoms with Crippen LogP contribution in [-0.2, 0) is 11.3 Å². The highest BCUT2D eigenvalue weighted by atomic mass is 16.2. The van der Waals surface area contributed by atoms with E-state index in [1.165, 1.54) is 0 Å². The Labute approximate surface area is 90.3 Å². The lowest BCUT2D eigenvalue weighted by molar-refractivity contribution is -0.127. The molecule has 1 amide bonds. The molecule has 0 aliphatic rings. The minimum Gasteiger partial charge on any atom is -0.348 e. The molecule has 0 aliphatic heterocycles. The highest BCUT2D eigenvalue weighted by molar-refractivity contribution is 5.77. The fourth-order valence-electron chi connectivity index (χ4n) is 1.07. The number of aryl methyl sites for hydroxylation is 1. The van der Waals surface area contributed by atoms with Crippen molar-refractivity contribution in [1.29, 1.82) is 0 Å². The number of nitrogens with one attached hydrogen (secondary N) is 1. The van der Waals surface area contributed by atoms with Gasteiger partial charge < -0.3 is 10.2 Å². The summed E-state index contributed by atoms with van der Waals surface area (Å²) in [4.78, 5) is 17.0. The zero-order chi connectivity index (χ0) is 11.3. The molecule has 0 fully saturated rings. The minimum absolute atomic E-state index is 0.0788. The molecule has 0 radical (unpaired) electrons. The Balaban J connectivity index is 2.32. The first-order valence-corrected chi connectivity index (χ1v) is 4.92. The highest BCUT2D eigenvalue weighted by Crippen LogP contribution is 1.98. The van der Waals surface area contributed by atoms with E-state index in [2.05, 4.69) is 10.3 Å². The highest BCUT2D eigenvalue weighted by Gasteiger charge is 2.02. The number of aromatic nitrogens is 1. The molecule has 0 aromatic carbocycles. The number of rotatable bonds is 4. The molecule has 0 saturated heterocycles. The maximum absolute atomic E-state index is 11.2. The number of hydrogen-bond donors (Lipinski definition) is 1. The lowest BCUT2D eigenvalue weighted by atomic mass is 10.2. The van der Waals surface area contributed by atoms with Crippen LogP contribution >= 0.6 is 0 Å². The van der Waals surface area contributed by atoms with E-state index in [-0.39, 0.29) is 5.91 Å². The zero-order valence-electron chi connectivity index (χ0n) is 9.45. The van der Waals surface area contributed by atoms with Crippen molar-refractivity contribution in [2.45, 2.75) is 13.5 Å². The molecule has 0 spiro atoms. The van der Waals surface area contributed by atoms with Crippen molar-refractivity contribution in [2.75, 3.05) is 20.6 Å². The van der Waals surface area contributed by atoms with Crippen molar-refractivity contribution < 1.29 is 4.79 Å². The van der Waals surface area contributed by atoms with Crippen LogP contribution in [0.2, 0.25) is 0 Å². The van der Waals surface area contributed by atoms with Gasteiger partial charge in [0.05, 0.1) is 6.54 Å². The summed E-state index contributed by atoms with van der Waals surface area (Å²) < 4.78 is 0. The average molecular weight is 207 g/mol. The van der Waals surface area contributed by atoms with E-state index in [0.29, 0.717) is 13.1 Å². The van der Waals surface area contributed by atoms with Gasteiger partial charge in [0.15, 0.2) is 0 Å². The number of nitrogens with zero attached hydrogens (tertiary/aromatic N) is 2. The number of pyridine rings is 1. The molecule has 0 unspecified atom stereocenters. The van der Waals surface area contributed by atoms with Gasteiger partial charge >= 0.3 is 0 Å². The van der Waals surface area contributed by atoms with Crippen molar-refractivity contribution >= 4 is 5.91 Å². The second-order valence-corrected chi connectivity index (χ2v) is 3.70. The van der Waals surface area contributed by atoms with E-state index < -0.39 is 0 Å². The Morgan fingerprint density at radius 3 is 2.73 bits per heavy atom. The summed E-state index contributed by atoms with van der Waals surface area (Å²) in [5.41, 5.74) is 2.09. The van der Waals surface area contributed by atoms with E-state index in [1.807, 2.05) is 25.3 Å². The Morgan fingerprint density at radius 1 is 1.47 bits per heavy atom. The van der Waals surface area contributed by atoms with Gasteiger partial charge in [0.2, 0.25) is 5.91 Å². The van der Waals surface area contributed by atoms with Crippen LogP contribution in [-0.4, -0.2) is 36.4 Å². The minimum atomic E-state index is 0.0788. The van der Waals surface area contributed by atoms with E-state index in [1.54, 1.807) is 19.0 Å². The maximum atomic E-state index is 11.2. The normalized spacial score (nSPS) is 10.1. The lowest BCUT2D eigenvalue weighted by Gasteiger charge is -2.10. The Kier molecular flexibility index (Phi) is 4.24. The second kappa shape index (κ2) is 5.46. The first kappa shape index (κ1) is 11.7. The van der Waals surface area contributed by atoms with Gasteiger partial charge in [0.25, 0.3) is 0 Å². The molecule has 1 aromatic heterocycles. The second-order valence-electron chi connectivity index (χ2n) is 3.70. The number of carbonyl (C=O) groups excluding carboxylic acids is 1. The number of likely N-dealkylation sites (N-methyl/N-ethyl adjacent to an activating group) is 1. The Hall–Kier alpha value is -1.42. The first-order valence-electron chi connectivity index (χ1n) is 4.92. The van der Waals surface area contributed by atoms with Gasteiger partial charge in [-0.15, -0.1) is 0 Å². The van der Waals surface area contributed by atoms with Crippen LogP contribution < -0.4 is 5.32 Å². The summed E-state index contributed by atoms with van der Waals surface area (Å²) in [5.74, 6) is 0.0788. The average Bonchev–Trinajstić information content (AvgIpc) is 2.20. The van der Waals surface area contributed by atoms with Gasteiger partial charge in [-0.2, -0.15) is 0 Å². The molecule has 4 heteroatoms. The first-order chi connectivity index (χ1) is 7.09. The van der Waals surface area contributed by atoms with Crippen molar-refractivity contribution in [3.63, 3.8) is 0 Å². The topological polar surface area (TPSA) is 45.2 Å². The molecule has 1 N–H and O–H groups in total. The molecule has 82 valence electrons. The largest absolute Gasteiger partial charge is 0.348 e. The van der Waals surface area contributed by atoms with Crippen molar-refractivity contribution in [2.24, 2.45) is 0 Å². The molecular weight excluding hydrogens is 190 g/mol. The molecule has 0 bridgehead atoms. The van der Waals surface area contributed by atoms with Gasteiger partial charge in [-0.05, 0) is 18.6 Å². The van der Waals surface area contributed by atoms with Crippen LogP contribution in [0.4, 0.5) is 0 Å². The van der Waals surface area contributed by atoms with Crippen LogP contribution in [0.1, 0.15) is 11.3 Å². The van der Waals surface area contributed by atoms with Crippen molar-refractivity contribution in [3.05, 3.63) is 29.6 Å². The molecule has 1 rings (SSSR count). The molecule has 1 aromatic rings. The van der Waals surface area contributed by atoms with E-state index >= 15 is 0 Å². The Bertz CT molecular complexity index is 319. The van der Waals surface area contributed by atoms with Gasteiger partial charge in [0.1, 0.15) is 0 Å². The zero-order valence-corrected chi connectivity index (χ0v) is 9.45. The number of hydrogen-bond acceptors (Lipinski definition) is 3. The lowest BCUT2D eigenvalue weighted by Crippen LogP contribution is -2.32. The summed E-state index contributed by atoms with van der Waals surface area (Å²) in [6.45, 7) is 2.99. The number of carbonyl (C=O) groups is 1. The van der Waals surface area contributed by atoms with E-state index in [0.717, 1.165) is 11.3 Å². The van der Waals surface area contributed by atoms with Crippen LogP contribution in [0.25, 0.3) is 0 Å². The Morgan fingerprint density at radius 2 is 2.20 bits per heavy atom. The van der Waals surface area contributed by atoms with E-state index in [9.17, 15) is 4.79 Å². The van der Waals surface area contributed by atoms with Gasteiger partial charge in [-0.1, -0.05) is 6.07 Å². The third-order valence-electron chi connectivity index (χ3n) is 2.08. The fourth-order valence-corrected chi connectivity index (χ4v) is 1.07. The fraction of sp³-hybridized carbons (Fsp3) is 0.455.